The van der Waals surface area contributed by atoms with E-state index in [4.69, 9.17) is 4.80 Å². The van der Waals surface area contributed by atoms with Gasteiger partial charge in [-0.1, -0.05) is 31.0 Å². The summed E-state index contributed by atoms with van der Waals surface area (Å²) in [5, 5.41) is 0. The van der Waals surface area contributed by atoms with Crippen LogP contribution in [0.15, 0.2) is 0 Å². The van der Waals surface area contributed by atoms with E-state index in [2.05, 4.69) is 31.0 Å². The molecule has 0 fully saturated rings. The highest BCUT2D eigenvalue weighted by atomic mass is 79.9. The molecule has 0 nitrogen and oxygen atoms in total. The van der Waals surface area contributed by atoms with Gasteiger partial charge in [0, 0.05) is 0 Å². The highest BCUT2D eigenvalue weighted by molar-refractivity contribution is 9.55. The topological polar surface area (TPSA) is 0 Å². The van der Waals surface area contributed by atoms with Crippen LogP contribution >= 0.6 is 54.6 Å². The lowest BCUT2D eigenvalue weighted by Crippen LogP contribution is -0.948. The van der Waals surface area contributed by atoms with Gasteiger partial charge in [0.2, 0.25) is 0 Å². The first-order valence-electron chi connectivity index (χ1n) is 2.41. The molecule has 2 atom stereocenters. The molecule has 0 saturated carbocycles. The zero-order chi connectivity index (χ0) is 7.65. The smallest absolute Gasteiger partial charge is 0.0889 e. The van der Waals surface area contributed by atoms with Gasteiger partial charge in [-0.25, -0.2) is 10.8 Å². The van der Waals surface area contributed by atoms with Crippen LogP contribution in [0.3, 0.4) is 0 Å². The maximum Gasteiger partial charge on any atom is 0.0889 e. The molecular formula is H4Br2P2S. The molecule has 0 aliphatic carbocycles. The van der Waals surface area contributed by atoms with E-state index in [1.54, 1.807) is 0 Å². The van der Waals surface area contributed by atoms with E-state index in [1.165, 1.54) is 0 Å². The van der Waals surface area contributed by atoms with Crippen molar-refractivity contribution in [2.45, 2.75) is 0 Å². The fraction of sp³-hybridized carbons (Fsp3) is 0. The van der Waals surface area contributed by atoms with Crippen LogP contribution in [-0.2, 0) is 0 Å². The lowest BCUT2D eigenvalue weighted by molar-refractivity contribution is 5.61. The van der Waals surface area contributed by atoms with Crippen LogP contribution in [0.25, 0.3) is 0 Å². The minimum atomic E-state index is -2.52. The van der Waals surface area contributed by atoms with E-state index in [0.29, 0.717) is 0 Å². The molecule has 0 N–H and O–H groups in total. The second-order valence-corrected chi connectivity index (χ2v) is 8.66. The third-order valence-corrected chi connectivity index (χ3v) is 8.66. The van der Waals surface area contributed by atoms with Gasteiger partial charge in [0.25, 0.3) is 0 Å². The summed E-state index contributed by atoms with van der Waals surface area (Å²) in [5.41, 5.74) is 0. The van der Waals surface area contributed by atoms with Crippen molar-refractivity contribution in [2.24, 2.45) is 0 Å². The molecule has 0 aromatic heterocycles. The van der Waals surface area contributed by atoms with Crippen molar-refractivity contribution >= 4 is 54.6 Å². The summed E-state index contributed by atoms with van der Waals surface area (Å²) in [5.74, 6) is 0. The second kappa shape index (κ2) is 6.17. The molecule has 2 unspecified atom stereocenters. The molecule has 0 saturated heterocycles. The molecule has 0 bridgehead atoms. The van der Waals surface area contributed by atoms with Crippen LogP contribution in [0.5, 0.6) is 0 Å². The Balaban J connectivity index is 4.01. The van der Waals surface area contributed by atoms with Crippen molar-refractivity contribution in [3.63, 3.8) is 0 Å². The molecule has 0 rings (SSSR count). The summed E-state index contributed by atoms with van der Waals surface area (Å²) in [6.07, 6.45) is -3.02. The molecule has 5 heavy (non-hydrogen) atoms. The van der Waals surface area contributed by atoms with Crippen molar-refractivity contribution in [2.75, 3.05) is 0 Å². The fourth-order valence-electron chi connectivity index (χ4n) is 0.0117. The second-order valence-electron chi connectivity index (χ2n) is 0.220. The Kier molecular flexibility index (Phi) is 3.26. The van der Waals surface area contributed by atoms with E-state index in [9.17, 15) is 0 Å². The SMILES string of the molecule is [2H]S([3H])(P([3H])Br)P([3H])Br. The zero-order valence-corrected chi connectivity index (χ0v) is 7.84. The van der Waals surface area contributed by atoms with Crippen LogP contribution in [0, 0.1) is 0 Å². The van der Waals surface area contributed by atoms with E-state index in [-0.39, 0.29) is 0 Å². The normalized spacial score (nSPS) is 51.6. The van der Waals surface area contributed by atoms with Gasteiger partial charge >= 0.3 is 0 Å². The van der Waals surface area contributed by atoms with Crippen LogP contribution < -0.4 is 0 Å². The van der Waals surface area contributed by atoms with Gasteiger partial charge < -0.3 is 0 Å². The van der Waals surface area contributed by atoms with Crippen molar-refractivity contribution in [1.29, 1.82) is 4.80 Å². The molecule has 34 valence electrons. The number of halogens is 2. The Morgan fingerprint density at radius 1 is 2.20 bits per heavy atom. The van der Waals surface area contributed by atoms with Gasteiger partial charge in [0.05, 0.1) is 4.80 Å². The van der Waals surface area contributed by atoms with Gasteiger partial charge in [-0.3, -0.25) is 0 Å². The summed E-state index contributed by atoms with van der Waals surface area (Å²) in [6.45, 7) is 0. The molecule has 0 heterocycles. The highest BCUT2D eigenvalue weighted by Crippen LogP contribution is 2.53. The monoisotopic (exact) mass is 263 g/mol. The third kappa shape index (κ3) is 6.17. The molecule has 0 aromatic carbocycles. The van der Waals surface area contributed by atoms with E-state index in [1.807, 2.05) is 0 Å². The van der Waals surface area contributed by atoms with Gasteiger partial charge in [-0.15, -0.1) is 0 Å². The predicted octanol–water partition coefficient (Wildman–Crippen LogP) is 2.99. The fourth-order valence-corrected chi connectivity index (χ4v) is 8.50. The minimum absolute atomic E-state index is 1.51. The quantitative estimate of drug-likeness (QED) is 0.673. The Hall–Kier alpha value is 2.17. The first kappa shape index (κ1) is 2.64. The zero-order valence-electron chi connectivity index (χ0n) is 6.06. The average Bonchev–Trinajstić information content (AvgIpc) is 1.65. The number of hydrogen-bond acceptors (Lipinski definition) is 0. The molecule has 0 amide bonds. The third-order valence-electron chi connectivity index (χ3n) is 0.0617. The summed E-state index contributed by atoms with van der Waals surface area (Å²) in [6, 6.07) is 0. The lowest BCUT2D eigenvalue weighted by atomic mass is 30.0. The van der Waals surface area contributed by atoms with Crippen LogP contribution in [0.4, 0.5) is 0 Å². The Morgan fingerprint density at radius 2 is 2.60 bits per heavy atom. The van der Waals surface area contributed by atoms with Crippen molar-refractivity contribution in [1.82, 2.24) is 0 Å². The first-order valence-corrected chi connectivity index (χ1v) is 8.56. The molecule has 0 aromatic rings. The van der Waals surface area contributed by atoms with Crippen LogP contribution in [0.2, 0.25) is 0 Å². The molecule has 0 aliphatic rings. The number of hydrogen-bond donors (Lipinski definition) is 0. The van der Waals surface area contributed by atoms with Crippen molar-refractivity contribution < 1.29 is 0 Å². The molecule has 5 heteroatoms. The Labute approximate surface area is 59.5 Å². The van der Waals surface area contributed by atoms with Crippen LogP contribution in [0.1, 0.15) is 0 Å². The Bertz CT molecular complexity index is 84.6. The van der Waals surface area contributed by atoms with E-state index in [0.717, 1.165) is 0 Å². The summed E-state index contributed by atoms with van der Waals surface area (Å²) >= 11 is 5.71. The summed E-state index contributed by atoms with van der Waals surface area (Å²) < 4.78 is 28.4. The standard InChI is InChI=1S/Br2H4P2S/c1-3-5-4-2/h3-4H,5H2/i3T,4T,5TD. The van der Waals surface area contributed by atoms with Gasteiger partial charge in [0.15, 0.2) is 0 Å². The van der Waals surface area contributed by atoms with Crippen LogP contribution in [-0.4, -0.2) is 4.80 Å². The summed E-state index contributed by atoms with van der Waals surface area (Å²) in [7, 11) is -2.52. The van der Waals surface area contributed by atoms with Gasteiger partial charge in [-0.2, -0.15) is 0 Å². The minimum Gasteiger partial charge on any atom is -0.211 e. The Morgan fingerprint density at radius 3 is 2.60 bits per heavy atom. The van der Waals surface area contributed by atoms with Gasteiger partial charge in [0.1, 0.15) is 0 Å². The molecule has 0 radical (unpaired) electrons. The van der Waals surface area contributed by atoms with Crippen molar-refractivity contribution in [3.8, 4) is 0 Å². The number of rotatable bonds is 2. The predicted molar refractivity (Wildman–Crippen MR) is 44.9 cm³/mol. The average molecular weight is 265 g/mol. The molecule has 0 aliphatic heterocycles. The van der Waals surface area contributed by atoms with Crippen molar-refractivity contribution in [3.05, 3.63) is 0 Å². The maximum absolute atomic E-state index is 7.17. The van der Waals surface area contributed by atoms with Gasteiger partial charge in [-0.05, 0) is 12.9 Å². The first-order chi connectivity index (χ1) is 3.89. The molecular weight excluding hydrogens is 254 g/mol. The lowest BCUT2D eigenvalue weighted by Gasteiger charge is -1.82. The summed E-state index contributed by atoms with van der Waals surface area (Å²) in [4.78, 5) is 0. The largest absolute Gasteiger partial charge is 0.211 e. The maximum atomic E-state index is 7.17. The van der Waals surface area contributed by atoms with E-state index < -0.39 is 23.7 Å². The molecule has 0 spiro atoms. The van der Waals surface area contributed by atoms with E-state index >= 15 is 0 Å². The highest BCUT2D eigenvalue weighted by Gasteiger charge is 1.65.